The van der Waals surface area contributed by atoms with Gasteiger partial charge in [-0.15, -0.1) is 0 Å². The molecule has 1 N–H and O–H groups in total. The van der Waals surface area contributed by atoms with Crippen LogP contribution < -0.4 is 10.1 Å². The zero-order valence-corrected chi connectivity index (χ0v) is 8.50. The molecule has 0 amide bonds. The van der Waals surface area contributed by atoms with Crippen LogP contribution >= 0.6 is 0 Å². The molecule has 2 heteroatoms. The van der Waals surface area contributed by atoms with Gasteiger partial charge in [-0.1, -0.05) is 18.2 Å². The number of hydrogen-bond donors (Lipinski definition) is 1. The van der Waals surface area contributed by atoms with Gasteiger partial charge in [0, 0.05) is 6.04 Å². The number of methoxy groups -OCH3 is 1. The van der Waals surface area contributed by atoms with E-state index in [0.29, 0.717) is 6.04 Å². The molecule has 1 aromatic carbocycles. The molecule has 2 nitrogen and oxygen atoms in total. The lowest BCUT2D eigenvalue weighted by Gasteiger charge is -2.12. The van der Waals surface area contributed by atoms with Gasteiger partial charge in [-0.2, -0.15) is 0 Å². The van der Waals surface area contributed by atoms with Crippen molar-refractivity contribution in [3.05, 3.63) is 29.8 Å². The normalized spacial score (nSPS) is 12.5. The largest absolute Gasteiger partial charge is 0.496 e. The maximum atomic E-state index is 5.26. The first-order valence-corrected chi connectivity index (χ1v) is 4.57. The van der Waals surface area contributed by atoms with E-state index in [1.165, 1.54) is 5.56 Å². The first-order valence-electron chi connectivity index (χ1n) is 4.57. The molecule has 0 aliphatic carbocycles. The molecule has 0 unspecified atom stereocenters. The second-order valence-electron chi connectivity index (χ2n) is 3.21. The monoisotopic (exact) mass is 179 g/mol. The Hall–Kier alpha value is -1.02. The third-order valence-electron chi connectivity index (χ3n) is 2.21. The predicted octanol–water partition coefficient (Wildman–Crippen LogP) is 1.85. The molecule has 13 heavy (non-hydrogen) atoms. The van der Waals surface area contributed by atoms with Gasteiger partial charge >= 0.3 is 0 Å². The average Bonchev–Trinajstić information content (AvgIpc) is 2.18. The summed E-state index contributed by atoms with van der Waals surface area (Å²) in [5.41, 5.74) is 1.26. The van der Waals surface area contributed by atoms with E-state index >= 15 is 0 Å². The molecule has 1 rings (SSSR count). The molecule has 1 aromatic rings. The third-order valence-corrected chi connectivity index (χ3v) is 2.21. The highest BCUT2D eigenvalue weighted by atomic mass is 16.5. The number of benzene rings is 1. The van der Waals surface area contributed by atoms with Crippen LogP contribution in [0.5, 0.6) is 5.75 Å². The molecular formula is C11H17NO. The van der Waals surface area contributed by atoms with Gasteiger partial charge in [0.2, 0.25) is 0 Å². The highest BCUT2D eigenvalue weighted by Gasteiger charge is 2.04. The van der Waals surface area contributed by atoms with Crippen molar-refractivity contribution < 1.29 is 4.74 Å². The number of rotatable bonds is 4. The summed E-state index contributed by atoms with van der Waals surface area (Å²) < 4.78 is 5.26. The fraction of sp³-hybridized carbons (Fsp3) is 0.455. The zero-order valence-electron chi connectivity index (χ0n) is 8.50. The first kappa shape index (κ1) is 10.1. The topological polar surface area (TPSA) is 21.3 Å². The van der Waals surface area contributed by atoms with Crippen LogP contribution in [0.3, 0.4) is 0 Å². The van der Waals surface area contributed by atoms with Gasteiger partial charge in [0.1, 0.15) is 5.75 Å². The smallest absolute Gasteiger partial charge is 0.122 e. The van der Waals surface area contributed by atoms with Crippen molar-refractivity contribution in [2.75, 3.05) is 14.2 Å². The Balaban J connectivity index is 2.74. The van der Waals surface area contributed by atoms with E-state index in [0.717, 1.165) is 12.2 Å². The lowest BCUT2D eigenvalue weighted by atomic mass is 10.1. The van der Waals surface area contributed by atoms with E-state index < -0.39 is 0 Å². The minimum atomic E-state index is 0.483. The molecule has 0 aliphatic heterocycles. The fourth-order valence-electron chi connectivity index (χ4n) is 1.30. The summed E-state index contributed by atoms with van der Waals surface area (Å²) >= 11 is 0. The van der Waals surface area contributed by atoms with Crippen molar-refractivity contribution in [3.8, 4) is 5.75 Å². The minimum Gasteiger partial charge on any atom is -0.496 e. The summed E-state index contributed by atoms with van der Waals surface area (Å²) in [7, 11) is 3.68. The van der Waals surface area contributed by atoms with E-state index in [1.54, 1.807) is 7.11 Å². The molecule has 0 radical (unpaired) electrons. The molecule has 72 valence electrons. The fourth-order valence-corrected chi connectivity index (χ4v) is 1.30. The summed E-state index contributed by atoms with van der Waals surface area (Å²) in [5.74, 6) is 0.976. The van der Waals surface area contributed by atoms with Gasteiger partial charge in [0.25, 0.3) is 0 Å². The van der Waals surface area contributed by atoms with Crippen molar-refractivity contribution in [3.63, 3.8) is 0 Å². The van der Waals surface area contributed by atoms with Gasteiger partial charge in [-0.3, -0.25) is 0 Å². The zero-order chi connectivity index (χ0) is 9.68. The molecule has 0 bridgehead atoms. The number of hydrogen-bond acceptors (Lipinski definition) is 2. The molecule has 1 atom stereocenters. The number of para-hydroxylation sites is 1. The molecule has 0 heterocycles. The Morgan fingerprint density at radius 2 is 2.08 bits per heavy atom. The molecule has 0 fully saturated rings. The molecule has 0 saturated carbocycles. The average molecular weight is 179 g/mol. The van der Waals surface area contributed by atoms with Crippen LogP contribution in [0.2, 0.25) is 0 Å². The standard InChI is InChI=1S/C11H17NO/c1-9(12-2)8-10-6-4-5-7-11(10)13-3/h4-7,9,12H,8H2,1-3H3/t9-/m0/s1. The first-order chi connectivity index (χ1) is 6.27. The molecule has 0 saturated heterocycles. The lowest BCUT2D eigenvalue weighted by molar-refractivity contribution is 0.407. The van der Waals surface area contributed by atoms with Gasteiger partial charge in [-0.05, 0) is 32.0 Å². The number of likely N-dealkylation sites (N-methyl/N-ethyl adjacent to an activating group) is 1. The van der Waals surface area contributed by atoms with Crippen LogP contribution in [0.1, 0.15) is 12.5 Å². The number of ether oxygens (including phenoxy) is 1. The van der Waals surface area contributed by atoms with Crippen LogP contribution in [0.15, 0.2) is 24.3 Å². The van der Waals surface area contributed by atoms with Crippen molar-refractivity contribution in [2.45, 2.75) is 19.4 Å². The molecule has 0 aromatic heterocycles. The maximum Gasteiger partial charge on any atom is 0.122 e. The van der Waals surface area contributed by atoms with Crippen molar-refractivity contribution in [2.24, 2.45) is 0 Å². The quantitative estimate of drug-likeness (QED) is 0.761. The van der Waals surface area contributed by atoms with E-state index in [9.17, 15) is 0 Å². The van der Waals surface area contributed by atoms with E-state index in [-0.39, 0.29) is 0 Å². The minimum absolute atomic E-state index is 0.483. The van der Waals surface area contributed by atoms with Gasteiger partial charge in [-0.25, -0.2) is 0 Å². The van der Waals surface area contributed by atoms with Gasteiger partial charge in [0.05, 0.1) is 7.11 Å². The van der Waals surface area contributed by atoms with E-state index in [2.05, 4.69) is 18.3 Å². The van der Waals surface area contributed by atoms with Crippen molar-refractivity contribution >= 4 is 0 Å². The van der Waals surface area contributed by atoms with Crippen LogP contribution in [0, 0.1) is 0 Å². The van der Waals surface area contributed by atoms with Crippen LogP contribution in [0.4, 0.5) is 0 Å². The third kappa shape index (κ3) is 2.74. The van der Waals surface area contributed by atoms with Gasteiger partial charge < -0.3 is 10.1 Å². The molecule has 0 aliphatic rings. The Morgan fingerprint density at radius 3 is 2.69 bits per heavy atom. The Labute approximate surface area is 79.9 Å². The Kier molecular flexibility index (Phi) is 3.77. The Bertz CT molecular complexity index is 260. The Morgan fingerprint density at radius 1 is 1.38 bits per heavy atom. The molecular weight excluding hydrogens is 162 g/mol. The highest BCUT2D eigenvalue weighted by Crippen LogP contribution is 2.18. The maximum absolute atomic E-state index is 5.26. The van der Waals surface area contributed by atoms with Crippen LogP contribution in [-0.2, 0) is 6.42 Å². The van der Waals surface area contributed by atoms with Crippen LogP contribution in [0.25, 0.3) is 0 Å². The predicted molar refractivity (Wildman–Crippen MR) is 55.2 cm³/mol. The molecule has 0 spiro atoms. The number of nitrogens with one attached hydrogen (secondary N) is 1. The van der Waals surface area contributed by atoms with Gasteiger partial charge in [0.15, 0.2) is 0 Å². The second-order valence-corrected chi connectivity index (χ2v) is 3.21. The summed E-state index contributed by atoms with van der Waals surface area (Å²) in [6.07, 6.45) is 1.00. The lowest BCUT2D eigenvalue weighted by Crippen LogP contribution is -2.23. The van der Waals surface area contributed by atoms with Crippen molar-refractivity contribution in [1.29, 1.82) is 0 Å². The highest BCUT2D eigenvalue weighted by molar-refractivity contribution is 5.33. The SMILES string of the molecule is CN[C@@H](C)Cc1ccccc1OC. The van der Waals surface area contributed by atoms with E-state index in [4.69, 9.17) is 4.74 Å². The van der Waals surface area contributed by atoms with Crippen LogP contribution in [-0.4, -0.2) is 20.2 Å². The van der Waals surface area contributed by atoms with Crippen molar-refractivity contribution in [1.82, 2.24) is 5.32 Å². The van der Waals surface area contributed by atoms with E-state index in [1.807, 2.05) is 25.2 Å². The summed E-state index contributed by atoms with van der Waals surface area (Å²) in [6.45, 7) is 2.16. The summed E-state index contributed by atoms with van der Waals surface area (Å²) in [5, 5.41) is 3.21. The summed E-state index contributed by atoms with van der Waals surface area (Å²) in [4.78, 5) is 0. The summed E-state index contributed by atoms with van der Waals surface area (Å²) in [6, 6.07) is 8.62. The second kappa shape index (κ2) is 4.87.